The maximum Gasteiger partial charge on any atom is 0.0366 e. The SMILES string of the molecule is CCCCN(CC1CCCCCC1N)c1ccccc1. The van der Waals surface area contributed by atoms with Crippen molar-refractivity contribution in [1.29, 1.82) is 0 Å². The fourth-order valence-electron chi connectivity index (χ4n) is 3.24. The summed E-state index contributed by atoms with van der Waals surface area (Å²) in [6, 6.07) is 11.2. The van der Waals surface area contributed by atoms with E-state index >= 15 is 0 Å². The molecule has 20 heavy (non-hydrogen) atoms. The van der Waals surface area contributed by atoms with Crippen molar-refractivity contribution in [3.05, 3.63) is 30.3 Å². The van der Waals surface area contributed by atoms with E-state index < -0.39 is 0 Å². The number of unbranched alkanes of at least 4 members (excludes halogenated alkanes) is 1. The summed E-state index contributed by atoms with van der Waals surface area (Å²) in [5, 5.41) is 0. The first-order valence-corrected chi connectivity index (χ1v) is 8.37. The van der Waals surface area contributed by atoms with Crippen LogP contribution in [0.4, 0.5) is 5.69 Å². The Kier molecular flexibility index (Phi) is 6.38. The number of para-hydroxylation sites is 1. The van der Waals surface area contributed by atoms with Crippen LogP contribution in [0.2, 0.25) is 0 Å². The largest absolute Gasteiger partial charge is 0.371 e. The van der Waals surface area contributed by atoms with Gasteiger partial charge in [0.2, 0.25) is 0 Å². The normalized spacial score (nSPS) is 23.3. The van der Waals surface area contributed by atoms with Crippen molar-refractivity contribution in [2.24, 2.45) is 11.7 Å². The van der Waals surface area contributed by atoms with Crippen molar-refractivity contribution in [3.63, 3.8) is 0 Å². The first kappa shape index (κ1) is 15.4. The number of nitrogens with two attached hydrogens (primary N) is 1. The maximum atomic E-state index is 6.41. The Balaban J connectivity index is 2.02. The van der Waals surface area contributed by atoms with Crippen LogP contribution in [-0.2, 0) is 0 Å². The Hall–Kier alpha value is -1.02. The highest BCUT2D eigenvalue weighted by atomic mass is 15.1. The number of hydrogen-bond donors (Lipinski definition) is 1. The van der Waals surface area contributed by atoms with Crippen molar-refractivity contribution in [3.8, 4) is 0 Å². The van der Waals surface area contributed by atoms with Gasteiger partial charge in [0, 0.05) is 24.8 Å². The fraction of sp³-hybridized carbons (Fsp3) is 0.667. The van der Waals surface area contributed by atoms with E-state index in [-0.39, 0.29) is 0 Å². The third kappa shape index (κ3) is 4.52. The maximum absolute atomic E-state index is 6.41. The molecule has 0 saturated heterocycles. The number of anilines is 1. The number of rotatable bonds is 6. The summed E-state index contributed by atoms with van der Waals surface area (Å²) in [7, 11) is 0. The fourth-order valence-corrected chi connectivity index (χ4v) is 3.24. The van der Waals surface area contributed by atoms with Crippen molar-refractivity contribution in [2.45, 2.75) is 57.9 Å². The molecule has 0 radical (unpaired) electrons. The molecule has 1 aliphatic rings. The summed E-state index contributed by atoms with van der Waals surface area (Å²) >= 11 is 0. The number of benzene rings is 1. The van der Waals surface area contributed by atoms with Crippen LogP contribution in [0.5, 0.6) is 0 Å². The highest BCUT2D eigenvalue weighted by Crippen LogP contribution is 2.25. The van der Waals surface area contributed by atoms with Crippen LogP contribution in [0, 0.1) is 5.92 Å². The molecule has 1 aromatic carbocycles. The van der Waals surface area contributed by atoms with Gasteiger partial charge in [0.05, 0.1) is 0 Å². The van der Waals surface area contributed by atoms with Gasteiger partial charge in [-0.25, -0.2) is 0 Å². The van der Waals surface area contributed by atoms with Crippen LogP contribution in [0.15, 0.2) is 30.3 Å². The number of nitrogens with zero attached hydrogens (tertiary/aromatic N) is 1. The molecule has 112 valence electrons. The van der Waals surface area contributed by atoms with Gasteiger partial charge in [0.15, 0.2) is 0 Å². The molecular formula is C18H30N2. The lowest BCUT2D eigenvalue weighted by molar-refractivity contribution is 0.394. The predicted molar refractivity (Wildman–Crippen MR) is 88.1 cm³/mol. The number of hydrogen-bond acceptors (Lipinski definition) is 2. The molecule has 1 aliphatic carbocycles. The molecule has 2 atom stereocenters. The Morgan fingerprint density at radius 2 is 1.85 bits per heavy atom. The minimum Gasteiger partial charge on any atom is -0.371 e. The van der Waals surface area contributed by atoms with E-state index in [2.05, 4.69) is 42.2 Å². The molecular weight excluding hydrogens is 244 g/mol. The summed E-state index contributed by atoms with van der Waals surface area (Å²) in [4.78, 5) is 2.55. The van der Waals surface area contributed by atoms with Gasteiger partial charge in [-0.2, -0.15) is 0 Å². The third-order valence-corrected chi connectivity index (χ3v) is 4.58. The first-order valence-electron chi connectivity index (χ1n) is 8.37. The van der Waals surface area contributed by atoms with Crippen LogP contribution in [-0.4, -0.2) is 19.1 Å². The topological polar surface area (TPSA) is 29.3 Å². The van der Waals surface area contributed by atoms with Crippen LogP contribution >= 0.6 is 0 Å². The van der Waals surface area contributed by atoms with E-state index in [1.54, 1.807) is 0 Å². The van der Waals surface area contributed by atoms with Gasteiger partial charge in [0.25, 0.3) is 0 Å². The van der Waals surface area contributed by atoms with Gasteiger partial charge in [-0.3, -0.25) is 0 Å². The van der Waals surface area contributed by atoms with E-state index in [0.29, 0.717) is 12.0 Å². The van der Waals surface area contributed by atoms with Crippen molar-refractivity contribution in [1.82, 2.24) is 0 Å². The minimum atomic E-state index is 0.394. The van der Waals surface area contributed by atoms with Crippen molar-refractivity contribution < 1.29 is 0 Å². The highest BCUT2D eigenvalue weighted by Gasteiger charge is 2.22. The van der Waals surface area contributed by atoms with Gasteiger partial charge in [-0.15, -0.1) is 0 Å². The summed E-state index contributed by atoms with van der Waals surface area (Å²) in [6.07, 6.45) is 9.06. The monoisotopic (exact) mass is 274 g/mol. The molecule has 1 aromatic rings. The summed E-state index contributed by atoms with van der Waals surface area (Å²) in [5.41, 5.74) is 7.77. The predicted octanol–water partition coefficient (Wildman–Crippen LogP) is 4.20. The molecule has 1 saturated carbocycles. The van der Waals surface area contributed by atoms with Gasteiger partial charge < -0.3 is 10.6 Å². The van der Waals surface area contributed by atoms with Gasteiger partial charge in [0.1, 0.15) is 0 Å². The smallest absolute Gasteiger partial charge is 0.0366 e. The average Bonchev–Trinajstić information content (AvgIpc) is 2.69. The van der Waals surface area contributed by atoms with E-state index in [1.165, 1.54) is 50.6 Å². The van der Waals surface area contributed by atoms with Crippen molar-refractivity contribution in [2.75, 3.05) is 18.0 Å². The Labute approximate surface area is 124 Å². The summed E-state index contributed by atoms with van der Waals surface area (Å²) < 4.78 is 0. The quantitative estimate of drug-likeness (QED) is 0.788. The lowest BCUT2D eigenvalue weighted by atomic mass is 9.94. The Bertz CT molecular complexity index is 363. The van der Waals surface area contributed by atoms with Gasteiger partial charge in [-0.1, -0.05) is 50.8 Å². The molecule has 0 aliphatic heterocycles. The molecule has 0 spiro atoms. The summed E-state index contributed by atoms with van der Waals surface area (Å²) in [6.45, 7) is 4.55. The lowest BCUT2D eigenvalue weighted by Crippen LogP contribution is -2.39. The molecule has 0 bridgehead atoms. The molecule has 0 heterocycles. The molecule has 2 nitrogen and oxygen atoms in total. The van der Waals surface area contributed by atoms with Gasteiger partial charge >= 0.3 is 0 Å². The van der Waals surface area contributed by atoms with Gasteiger partial charge in [-0.05, 0) is 37.3 Å². The van der Waals surface area contributed by atoms with Crippen molar-refractivity contribution >= 4 is 5.69 Å². The second kappa shape index (κ2) is 8.31. The second-order valence-electron chi connectivity index (χ2n) is 6.20. The molecule has 2 heteroatoms. The van der Waals surface area contributed by atoms with E-state index in [9.17, 15) is 0 Å². The second-order valence-corrected chi connectivity index (χ2v) is 6.20. The summed E-state index contributed by atoms with van der Waals surface area (Å²) in [5.74, 6) is 0.662. The van der Waals surface area contributed by atoms with E-state index in [1.807, 2.05) is 0 Å². The molecule has 0 amide bonds. The molecule has 2 rings (SSSR count). The van der Waals surface area contributed by atoms with E-state index in [4.69, 9.17) is 5.73 Å². The van der Waals surface area contributed by atoms with Crippen LogP contribution in [0.3, 0.4) is 0 Å². The molecule has 1 fully saturated rings. The average molecular weight is 274 g/mol. The Morgan fingerprint density at radius 1 is 1.10 bits per heavy atom. The Morgan fingerprint density at radius 3 is 2.60 bits per heavy atom. The van der Waals surface area contributed by atoms with E-state index in [0.717, 1.165) is 13.1 Å². The van der Waals surface area contributed by atoms with Crippen LogP contribution < -0.4 is 10.6 Å². The third-order valence-electron chi connectivity index (χ3n) is 4.58. The first-order chi connectivity index (χ1) is 9.81. The zero-order valence-electron chi connectivity index (χ0n) is 12.9. The zero-order chi connectivity index (χ0) is 14.2. The van der Waals surface area contributed by atoms with Crippen LogP contribution in [0.25, 0.3) is 0 Å². The zero-order valence-corrected chi connectivity index (χ0v) is 12.9. The minimum absolute atomic E-state index is 0.394. The lowest BCUT2D eigenvalue weighted by Gasteiger charge is -2.31. The van der Waals surface area contributed by atoms with Crippen LogP contribution in [0.1, 0.15) is 51.9 Å². The highest BCUT2D eigenvalue weighted by molar-refractivity contribution is 5.46. The standard InChI is InChI=1S/C18H30N2/c1-2-3-14-20(17-11-7-5-8-12-17)15-16-10-6-4-9-13-18(16)19/h5,7-8,11-12,16,18H,2-4,6,9-10,13-15,19H2,1H3. The molecule has 0 aromatic heterocycles. The molecule has 2 unspecified atom stereocenters. The molecule has 2 N–H and O–H groups in total.